The maximum atomic E-state index is 11.8. The molecule has 0 saturated heterocycles. The number of ether oxygens (including phenoxy) is 2. The van der Waals surface area contributed by atoms with Crippen molar-refractivity contribution in [1.29, 1.82) is 0 Å². The SMILES string of the molecule is COCc1nnc(NC(=O)COc2ccc(C)cc2C)s1. The lowest BCUT2D eigenvalue weighted by atomic mass is 10.1. The van der Waals surface area contributed by atoms with Crippen LogP contribution in [0, 0.1) is 13.8 Å². The number of hydrogen-bond donors (Lipinski definition) is 1. The third-order valence-electron chi connectivity index (χ3n) is 2.67. The topological polar surface area (TPSA) is 73.3 Å². The quantitative estimate of drug-likeness (QED) is 0.886. The van der Waals surface area contributed by atoms with E-state index >= 15 is 0 Å². The van der Waals surface area contributed by atoms with E-state index in [1.54, 1.807) is 7.11 Å². The Morgan fingerprint density at radius 2 is 2.14 bits per heavy atom. The van der Waals surface area contributed by atoms with Crippen LogP contribution < -0.4 is 10.1 Å². The Morgan fingerprint density at radius 3 is 2.86 bits per heavy atom. The van der Waals surface area contributed by atoms with Gasteiger partial charge in [0.1, 0.15) is 17.4 Å². The normalized spacial score (nSPS) is 10.4. The van der Waals surface area contributed by atoms with E-state index in [1.165, 1.54) is 11.3 Å². The second kappa shape index (κ2) is 7.14. The van der Waals surface area contributed by atoms with Crippen molar-refractivity contribution in [3.05, 3.63) is 34.3 Å². The molecule has 1 aromatic carbocycles. The summed E-state index contributed by atoms with van der Waals surface area (Å²) < 4.78 is 10.4. The summed E-state index contributed by atoms with van der Waals surface area (Å²) in [5, 5.41) is 11.5. The van der Waals surface area contributed by atoms with Gasteiger partial charge in [-0.3, -0.25) is 10.1 Å². The molecule has 0 fully saturated rings. The number of rotatable bonds is 6. The maximum absolute atomic E-state index is 11.8. The summed E-state index contributed by atoms with van der Waals surface area (Å²) in [7, 11) is 1.58. The fourth-order valence-corrected chi connectivity index (χ4v) is 2.47. The van der Waals surface area contributed by atoms with Gasteiger partial charge in [0.05, 0.1) is 0 Å². The van der Waals surface area contributed by atoms with Crippen LogP contribution in [0.1, 0.15) is 16.1 Å². The van der Waals surface area contributed by atoms with Crippen molar-refractivity contribution < 1.29 is 14.3 Å². The third kappa shape index (κ3) is 4.51. The van der Waals surface area contributed by atoms with Gasteiger partial charge in [-0.05, 0) is 25.5 Å². The Bertz CT molecular complexity index is 628. The molecule has 7 heteroatoms. The van der Waals surface area contributed by atoms with Crippen molar-refractivity contribution >= 4 is 22.4 Å². The summed E-state index contributed by atoms with van der Waals surface area (Å²) in [6.07, 6.45) is 0. The van der Waals surface area contributed by atoms with Crippen molar-refractivity contribution in [2.24, 2.45) is 0 Å². The molecule has 0 aliphatic carbocycles. The lowest BCUT2D eigenvalue weighted by Gasteiger charge is -2.09. The lowest BCUT2D eigenvalue weighted by molar-refractivity contribution is -0.118. The van der Waals surface area contributed by atoms with E-state index in [1.807, 2.05) is 32.0 Å². The summed E-state index contributed by atoms with van der Waals surface area (Å²) >= 11 is 1.28. The van der Waals surface area contributed by atoms with Crippen molar-refractivity contribution in [2.75, 3.05) is 19.0 Å². The van der Waals surface area contributed by atoms with E-state index in [0.29, 0.717) is 22.5 Å². The highest BCUT2D eigenvalue weighted by molar-refractivity contribution is 7.15. The number of carbonyl (C=O) groups is 1. The van der Waals surface area contributed by atoms with Crippen LogP contribution in [0.5, 0.6) is 5.75 Å². The number of aromatic nitrogens is 2. The minimum Gasteiger partial charge on any atom is -0.483 e. The van der Waals surface area contributed by atoms with Crippen molar-refractivity contribution in [3.63, 3.8) is 0 Å². The predicted molar refractivity (Wildman–Crippen MR) is 80.7 cm³/mol. The summed E-state index contributed by atoms with van der Waals surface area (Å²) in [4.78, 5) is 11.8. The number of anilines is 1. The minimum absolute atomic E-state index is 0.0664. The first kappa shape index (κ1) is 15.4. The number of hydrogen-bond acceptors (Lipinski definition) is 6. The van der Waals surface area contributed by atoms with Gasteiger partial charge in [-0.15, -0.1) is 10.2 Å². The predicted octanol–water partition coefficient (Wildman–Crippen LogP) is 2.32. The number of benzene rings is 1. The van der Waals surface area contributed by atoms with E-state index in [-0.39, 0.29) is 12.5 Å². The molecule has 0 spiro atoms. The smallest absolute Gasteiger partial charge is 0.264 e. The van der Waals surface area contributed by atoms with Gasteiger partial charge in [-0.1, -0.05) is 29.0 Å². The number of nitrogens with one attached hydrogen (secondary N) is 1. The van der Waals surface area contributed by atoms with Gasteiger partial charge >= 0.3 is 0 Å². The van der Waals surface area contributed by atoms with E-state index in [9.17, 15) is 4.79 Å². The van der Waals surface area contributed by atoms with Crippen LogP contribution in [0.15, 0.2) is 18.2 Å². The molecule has 0 bridgehead atoms. The largest absolute Gasteiger partial charge is 0.483 e. The molecule has 0 saturated carbocycles. The molecular weight excluding hydrogens is 290 g/mol. The molecule has 0 aliphatic rings. The van der Waals surface area contributed by atoms with Crippen LogP contribution in [0.3, 0.4) is 0 Å². The highest BCUT2D eigenvalue weighted by atomic mass is 32.1. The monoisotopic (exact) mass is 307 g/mol. The minimum atomic E-state index is -0.268. The van der Waals surface area contributed by atoms with E-state index in [2.05, 4.69) is 15.5 Å². The molecule has 2 rings (SSSR count). The molecule has 1 heterocycles. The van der Waals surface area contributed by atoms with Crippen LogP contribution in [-0.4, -0.2) is 29.8 Å². The maximum Gasteiger partial charge on any atom is 0.264 e. The molecule has 6 nitrogen and oxygen atoms in total. The Morgan fingerprint density at radius 1 is 1.33 bits per heavy atom. The molecule has 21 heavy (non-hydrogen) atoms. The van der Waals surface area contributed by atoms with Gasteiger partial charge in [0.2, 0.25) is 5.13 Å². The number of nitrogens with zero attached hydrogens (tertiary/aromatic N) is 2. The van der Waals surface area contributed by atoms with Crippen molar-refractivity contribution in [2.45, 2.75) is 20.5 Å². The fourth-order valence-electron chi connectivity index (χ4n) is 1.75. The average molecular weight is 307 g/mol. The summed E-state index contributed by atoms with van der Waals surface area (Å²) in [6.45, 7) is 4.27. The van der Waals surface area contributed by atoms with Crippen LogP contribution in [0.4, 0.5) is 5.13 Å². The molecule has 1 N–H and O–H groups in total. The number of methoxy groups -OCH3 is 1. The molecule has 0 aliphatic heterocycles. The zero-order chi connectivity index (χ0) is 15.2. The Balaban J connectivity index is 1.86. The highest BCUT2D eigenvalue weighted by Gasteiger charge is 2.09. The summed E-state index contributed by atoms with van der Waals surface area (Å²) in [6, 6.07) is 5.82. The number of amides is 1. The number of carbonyl (C=O) groups excluding carboxylic acids is 1. The van der Waals surface area contributed by atoms with Gasteiger partial charge in [0.15, 0.2) is 6.61 Å². The average Bonchev–Trinajstić information content (AvgIpc) is 2.85. The van der Waals surface area contributed by atoms with Crippen molar-refractivity contribution in [1.82, 2.24) is 10.2 Å². The second-order valence-electron chi connectivity index (χ2n) is 4.54. The molecule has 112 valence electrons. The Kier molecular flexibility index (Phi) is 5.24. The van der Waals surface area contributed by atoms with Crippen molar-refractivity contribution in [3.8, 4) is 5.75 Å². The Hall–Kier alpha value is -1.99. The van der Waals surface area contributed by atoms with Crippen LogP contribution in [0.2, 0.25) is 0 Å². The highest BCUT2D eigenvalue weighted by Crippen LogP contribution is 2.19. The van der Waals surface area contributed by atoms with Crippen LogP contribution >= 0.6 is 11.3 Å². The van der Waals surface area contributed by atoms with E-state index < -0.39 is 0 Å². The number of aryl methyl sites for hydroxylation is 2. The standard InChI is InChI=1S/C14H17N3O3S/c1-9-4-5-11(10(2)6-9)20-7-12(18)15-14-17-16-13(21-14)8-19-3/h4-6H,7-8H2,1-3H3,(H,15,17,18). The molecule has 2 aromatic rings. The zero-order valence-corrected chi connectivity index (χ0v) is 13.0. The van der Waals surface area contributed by atoms with Gasteiger partial charge < -0.3 is 9.47 Å². The van der Waals surface area contributed by atoms with Gasteiger partial charge in [-0.2, -0.15) is 0 Å². The third-order valence-corrected chi connectivity index (χ3v) is 3.48. The second-order valence-corrected chi connectivity index (χ2v) is 5.60. The molecule has 0 unspecified atom stereocenters. The molecule has 0 radical (unpaired) electrons. The van der Waals surface area contributed by atoms with Gasteiger partial charge in [0, 0.05) is 7.11 Å². The molecule has 0 atom stereocenters. The summed E-state index contributed by atoms with van der Waals surface area (Å²) in [5.41, 5.74) is 2.16. The molecule has 1 amide bonds. The van der Waals surface area contributed by atoms with E-state index in [0.717, 1.165) is 11.1 Å². The van der Waals surface area contributed by atoms with Crippen LogP contribution in [-0.2, 0) is 16.1 Å². The zero-order valence-electron chi connectivity index (χ0n) is 12.2. The Labute approximate surface area is 127 Å². The van der Waals surface area contributed by atoms with Crippen LogP contribution in [0.25, 0.3) is 0 Å². The molecule has 1 aromatic heterocycles. The first-order valence-corrected chi connectivity index (χ1v) is 7.21. The molecular formula is C14H17N3O3S. The fraction of sp³-hybridized carbons (Fsp3) is 0.357. The first-order valence-electron chi connectivity index (χ1n) is 6.39. The first-order chi connectivity index (χ1) is 10.1. The van der Waals surface area contributed by atoms with Gasteiger partial charge in [-0.25, -0.2) is 0 Å². The summed E-state index contributed by atoms with van der Waals surface area (Å²) in [5.74, 6) is 0.433. The van der Waals surface area contributed by atoms with Gasteiger partial charge in [0.25, 0.3) is 5.91 Å². The lowest BCUT2D eigenvalue weighted by Crippen LogP contribution is -2.20. The van der Waals surface area contributed by atoms with E-state index in [4.69, 9.17) is 9.47 Å².